The van der Waals surface area contributed by atoms with Crippen molar-refractivity contribution in [2.24, 2.45) is 0 Å². The van der Waals surface area contributed by atoms with E-state index in [2.05, 4.69) is 36.4 Å². The van der Waals surface area contributed by atoms with E-state index in [9.17, 15) is 4.79 Å². The molecule has 3 rings (SSSR count). The van der Waals surface area contributed by atoms with Gasteiger partial charge >= 0.3 is 5.97 Å². The highest BCUT2D eigenvalue weighted by molar-refractivity contribution is 7.97. The number of methoxy groups -OCH3 is 1. The third kappa shape index (κ3) is 4.96. The Hall–Kier alpha value is -2.72. The highest BCUT2D eigenvalue weighted by Gasteiger charge is 2.29. The zero-order valence-corrected chi connectivity index (χ0v) is 17.5. The molecular formula is C24H25O3S+. The Kier molecular flexibility index (Phi) is 6.10. The van der Waals surface area contributed by atoms with Crippen LogP contribution in [-0.4, -0.2) is 18.7 Å². The van der Waals surface area contributed by atoms with Gasteiger partial charge in [0, 0.05) is 0 Å². The lowest BCUT2D eigenvalue weighted by molar-refractivity contribution is 0.0600. The molecule has 0 saturated carbocycles. The summed E-state index contributed by atoms with van der Waals surface area (Å²) < 4.78 is 10.8. The van der Waals surface area contributed by atoms with Crippen molar-refractivity contribution in [2.45, 2.75) is 41.1 Å². The van der Waals surface area contributed by atoms with Gasteiger partial charge < -0.3 is 9.47 Å². The first-order chi connectivity index (χ1) is 13.4. The van der Waals surface area contributed by atoms with Gasteiger partial charge in [0.25, 0.3) is 0 Å². The van der Waals surface area contributed by atoms with Crippen LogP contribution in [0.1, 0.15) is 31.1 Å². The molecule has 0 radical (unpaired) electrons. The largest absolute Gasteiger partial charge is 0.488 e. The molecule has 0 aliphatic rings. The monoisotopic (exact) mass is 393 g/mol. The van der Waals surface area contributed by atoms with E-state index in [-0.39, 0.29) is 22.5 Å². The summed E-state index contributed by atoms with van der Waals surface area (Å²) in [7, 11) is 1.12. The molecule has 4 heteroatoms. The van der Waals surface area contributed by atoms with Crippen molar-refractivity contribution in [2.75, 3.05) is 7.11 Å². The Morgan fingerprint density at radius 3 is 1.75 bits per heavy atom. The van der Waals surface area contributed by atoms with E-state index in [0.29, 0.717) is 5.56 Å². The van der Waals surface area contributed by atoms with Crippen LogP contribution in [0.4, 0.5) is 0 Å². The van der Waals surface area contributed by atoms with E-state index in [1.807, 2.05) is 63.2 Å². The van der Waals surface area contributed by atoms with Crippen LogP contribution in [0.3, 0.4) is 0 Å². The molecule has 0 bridgehead atoms. The zero-order valence-electron chi connectivity index (χ0n) is 16.6. The smallest absolute Gasteiger partial charge is 0.337 e. The fraction of sp³-hybridized carbons (Fsp3) is 0.208. The van der Waals surface area contributed by atoms with E-state index in [1.165, 1.54) is 16.9 Å². The zero-order chi connectivity index (χ0) is 20.1. The predicted molar refractivity (Wildman–Crippen MR) is 113 cm³/mol. The maximum absolute atomic E-state index is 11.8. The average Bonchev–Trinajstić information content (AvgIpc) is 2.69. The van der Waals surface area contributed by atoms with Gasteiger partial charge in [0.1, 0.15) is 11.4 Å². The topological polar surface area (TPSA) is 35.5 Å². The number of benzene rings is 3. The normalized spacial score (nSPS) is 12.3. The highest BCUT2D eigenvalue weighted by Crippen LogP contribution is 2.32. The number of esters is 1. The molecular weight excluding hydrogens is 368 g/mol. The van der Waals surface area contributed by atoms with Gasteiger partial charge in [0.15, 0.2) is 14.7 Å². The molecule has 0 N–H and O–H groups in total. The lowest BCUT2D eigenvalue weighted by Crippen LogP contribution is -2.22. The van der Waals surface area contributed by atoms with Crippen LogP contribution < -0.4 is 4.74 Å². The molecule has 0 heterocycles. The maximum Gasteiger partial charge on any atom is 0.337 e. The number of ether oxygens (including phenoxy) is 2. The molecule has 3 aromatic carbocycles. The van der Waals surface area contributed by atoms with Crippen molar-refractivity contribution in [3.8, 4) is 5.75 Å². The van der Waals surface area contributed by atoms with Crippen molar-refractivity contribution in [1.29, 1.82) is 0 Å². The summed E-state index contributed by atoms with van der Waals surface area (Å²) in [6.45, 7) is 6.12. The van der Waals surface area contributed by atoms with E-state index in [0.717, 1.165) is 10.6 Å². The lowest BCUT2D eigenvalue weighted by atomic mass is 10.2. The Balaban J connectivity index is 1.98. The Morgan fingerprint density at radius 2 is 1.25 bits per heavy atom. The summed E-state index contributed by atoms with van der Waals surface area (Å²) in [6, 6.07) is 26.3. The van der Waals surface area contributed by atoms with Crippen molar-refractivity contribution < 1.29 is 14.3 Å². The van der Waals surface area contributed by atoms with Gasteiger partial charge in [-0.05, 0) is 81.4 Å². The number of hydrogen-bond acceptors (Lipinski definition) is 3. The molecule has 3 nitrogen and oxygen atoms in total. The molecule has 3 aromatic rings. The van der Waals surface area contributed by atoms with Crippen molar-refractivity contribution in [3.63, 3.8) is 0 Å². The molecule has 28 heavy (non-hydrogen) atoms. The summed E-state index contributed by atoms with van der Waals surface area (Å²) in [5.41, 5.74) is 0.323. The van der Waals surface area contributed by atoms with Crippen LogP contribution in [0.15, 0.2) is 93.5 Å². The maximum atomic E-state index is 11.8. The molecule has 0 amide bonds. The van der Waals surface area contributed by atoms with Gasteiger partial charge in [-0.3, -0.25) is 0 Å². The second kappa shape index (κ2) is 8.53. The average molecular weight is 394 g/mol. The van der Waals surface area contributed by atoms with Crippen LogP contribution in [0.2, 0.25) is 0 Å². The third-order valence-corrected chi connectivity index (χ3v) is 6.20. The molecule has 1 atom stereocenters. The first-order valence-corrected chi connectivity index (χ1v) is 10.4. The number of rotatable bonds is 5. The molecule has 0 fully saturated rings. The SMILES string of the molecule is COC(=O)c1ccc([S+](c2ccccc2)c2ccc(OC(C)(C)C)cc2)cc1. The summed E-state index contributed by atoms with van der Waals surface area (Å²) in [5, 5.41) is 0. The molecule has 0 aromatic heterocycles. The third-order valence-electron chi connectivity index (χ3n) is 3.97. The van der Waals surface area contributed by atoms with Crippen molar-refractivity contribution >= 4 is 16.9 Å². The molecule has 0 saturated heterocycles. The van der Waals surface area contributed by atoms with Gasteiger partial charge in [-0.1, -0.05) is 18.2 Å². The van der Waals surface area contributed by atoms with Gasteiger partial charge in [0.2, 0.25) is 0 Å². The lowest BCUT2D eigenvalue weighted by Gasteiger charge is -2.21. The van der Waals surface area contributed by atoms with Crippen LogP contribution in [0.25, 0.3) is 0 Å². The quantitative estimate of drug-likeness (QED) is 0.409. The first-order valence-electron chi connectivity index (χ1n) is 9.14. The highest BCUT2D eigenvalue weighted by atomic mass is 32.2. The molecule has 144 valence electrons. The van der Waals surface area contributed by atoms with E-state index < -0.39 is 0 Å². The summed E-state index contributed by atoms with van der Waals surface area (Å²) >= 11 is 0. The van der Waals surface area contributed by atoms with Crippen LogP contribution in [0.5, 0.6) is 5.75 Å². The predicted octanol–water partition coefficient (Wildman–Crippen LogP) is 5.75. The summed E-state index contributed by atoms with van der Waals surface area (Å²) in [5.74, 6) is 0.531. The Labute approximate surface area is 169 Å². The fourth-order valence-corrected chi connectivity index (χ4v) is 4.87. The standard InChI is InChI=1S/C24H25O3S/c1-24(2,3)27-19-12-16-22(17-13-19)28(20-8-6-5-7-9-20)21-14-10-18(11-15-21)23(25)26-4/h5-17H,1-4H3/q+1. The number of hydrogen-bond donors (Lipinski definition) is 0. The molecule has 0 spiro atoms. The van der Waals surface area contributed by atoms with E-state index in [4.69, 9.17) is 9.47 Å². The van der Waals surface area contributed by atoms with Crippen LogP contribution >= 0.6 is 0 Å². The molecule has 0 aliphatic carbocycles. The molecule has 1 unspecified atom stereocenters. The first kappa shape index (κ1) is 20.0. The van der Waals surface area contributed by atoms with Gasteiger partial charge in [-0.2, -0.15) is 0 Å². The van der Waals surface area contributed by atoms with Gasteiger partial charge in [-0.15, -0.1) is 0 Å². The number of carbonyl (C=O) groups excluding carboxylic acids is 1. The minimum Gasteiger partial charge on any atom is -0.488 e. The van der Waals surface area contributed by atoms with Gasteiger partial charge in [-0.25, -0.2) is 4.79 Å². The summed E-state index contributed by atoms with van der Waals surface area (Å²) in [4.78, 5) is 15.3. The van der Waals surface area contributed by atoms with Crippen molar-refractivity contribution in [3.05, 3.63) is 84.4 Å². The molecule has 0 aliphatic heterocycles. The Bertz CT molecular complexity index is 911. The Morgan fingerprint density at radius 1 is 0.750 bits per heavy atom. The van der Waals surface area contributed by atoms with Crippen LogP contribution in [-0.2, 0) is 15.6 Å². The van der Waals surface area contributed by atoms with E-state index in [1.54, 1.807) is 0 Å². The summed E-state index contributed by atoms with van der Waals surface area (Å²) in [6.07, 6.45) is 0. The minimum absolute atomic E-state index is 0.230. The van der Waals surface area contributed by atoms with Crippen LogP contribution in [0, 0.1) is 0 Å². The van der Waals surface area contributed by atoms with Crippen molar-refractivity contribution in [1.82, 2.24) is 0 Å². The second-order valence-corrected chi connectivity index (χ2v) is 9.35. The fourth-order valence-electron chi connectivity index (χ4n) is 2.81. The second-order valence-electron chi connectivity index (χ2n) is 7.32. The van der Waals surface area contributed by atoms with Gasteiger partial charge in [0.05, 0.1) is 23.6 Å². The number of carbonyl (C=O) groups is 1. The minimum atomic E-state index is -0.324. The van der Waals surface area contributed by atoms with E-state index >= 15 is 0 Å².